The summed E-state index contributed by atoms with van der Waals surface area (Å²) in [7, 11) is 3.02. The molecular weight excluding hydrogens is 296 g/mol. The van der Waals surface area contributed by atoms with Crippen LogP contribution in [0.15, 0.2) is 24.3 Å². The van der Waals surface area contributed by atoms with E-state index in [0.717, 1.165) is 5.56 Å². The highest BCUT2D eigenvalue weighted by atomic mass is 16.5. The average Bonchev–Trinajstić information content (AvgIpc) is 2.51. The zero-order chi connectivity index (χ0) is 17.6. The van der Waals surface area contributed by atoms with Crippen LogP contribution in [0.1, 0.15) is 36.7 Å². The van der Waals surface area contributed by atoms with Crippen LogP contribution in [0.3, 0.4) is 0 Å². The summed E-state index contributed by atoms with van der Waals surface area (Å²) in [6.45, 7) is 5.56. The molecule has 0 saturated heterocycles. The van der Waals surface area contributed by atoms with E-state index in [0.29, 0.717) is 12.1 Å². The Labute approximate surface area is 136 Å². The first-order valence-electron chi connectivity index (χ1n) is 7.45. The minimum Gasteiger partial charge on any atom is -0.465 e. The monoisotopic (exact) mass is 320 g/mol. The zero-order valence-corrected chi connectivity index (χ0v) is 14.3. The molecule has 1 unspecified atom stereocenters. The highest BCUT2D eigenvalue weighted by Gasteiger charge is 2.25. The Balaban J connectivity index is 2.77. The maximum absolute atomic E-state index is 12.5. The highest BCUT2D eigenvalue weighted by molar-refractivity contribution is 5.89. The van der Waals surface area contributed by atoms with Crippen LogP contribution in [-0.4, -0.2) is 42.9 Å². The number of hydrogen-bond donors (Lipinski definition) is 1. The van der Waals surface area contributed by atoms with Gasteiger partial charge in [-0.15, -0.1) is 0 Å². The maximum atomic E-state index is 12.5. The Hall–Kier alpha value is -2.37. The van der Waals surface area contributed by atoms with E-state index in [1.165, 1.54) is 14.0 Å². The second-order valence-electron chi connectivity index (χ2n) is 5.81. The Morgan fingerprint density at radius 2 is 1.74 bits per heavy atom. The summed E-state index contributed by atoms with van der Waals surface area (Å²) in [6, 6.07) is 6.32. The minimum atomic E-state index is -0.549. The van der Waals surface area contributed by atoms with Crippen molar-refractivity contribution >= 4 is 17.8 Å². The van der Waals surface area contributed by atoms with Gasteiger partial charge in [0.15, 0.2) is 0 Å². The van der Waals surface area contributed by atoms with Gasteiger partial charge in [-0.3, -0.25) is 9.59 Å². The highest BCUT2D eigenvalue weighted by Crippen LogP contribution is 2.11. The number of amides is 2. The van der Waals surface area contributed by atoms with Crippen LogP contribution in [0.25, 0.3) is 0 Å². The summed E-state index contributed by atoms with van der Waals surface area (Å²) in [6.07, 6.45) is 0. The summed E-state index contributed by atoms with van der Waals surface area (Å²) >= 11 is 0. The number of hydrogen-bond acceptors (Lipinski definition) is 4. The van der Waals surface area contributed by atoms with Gasteiger partial charge in [-0.05, 0) is 23.6 Å². The number of nitrogens with one attached hydrogen (secondary N) is 1. The topological polar surface area (TPSA) is 75.7 Å². The molecule has 0 saturated carbocycles. The molecule has 0 heterocycles. The standard InChI is InChI=1S/C17H24N2O4/c1-11(2)15(18-12(3)20)16(21)19(4)10-13-6-8-14(9-7-13)17(22)23-5/h6-9,11,15H,10H2,1-5H3,(H,18,20). The Bertz CT molecular complexity index is 566. The summed E-state index contributed by atoms with van der Waals surface area (Å²) in [5.74, 6) is -0.776. The molecule has 0 aliphatic carbocycles. The Kier molecular flexibility index (Phi) is 6.75. The smallest absolute Gasteiger partial charge is 0.337 e. The first kappa shape index (κ1) is 18.7. The molecule has 126 valence electrons. The van der Waals surface area contributed by atoms with Crippen molar-refractivity contribution in [2.45, 2.75) is 33.4 Å². The van der Waals surface area contributed by atoms with E-state index >= 15 is 0 Å². The van der Waals surface area contributed by atoms with Gasteiger partial charge in [-0.1, -0.05) is 26.0 Å². The van der Waals surface area contributed by atoms with Gasteiger partial charge in [0.1, 0.15) is 6.04 Å². The van der Waals surface area contributed by atoms with E-state index < -0.39 is 12.0 Å². The Morgan fingerprint density at radius 3 is 2.17 bits per heavy atom. The third kappa shape index (κ3) is 5.39. The molecule has 0 fully saturated rings. The fourth-order valence-electron chi connectivity index (χ4n) is 2.19. The van der Waals surface area contributed by atoms with E-state index in [1.54, 1.807) is 36.2 Å². The van der Waals surface area contributed by atoms with Gasteiger partial charge in [0, 0.05) is 20.5 Å². The number of methoxy groups -OCH3 is 1. The van der Waals surface area contributed by atoms with Gasteiger partial charge < -0.3 is 15.0 Å². The van der Waals surface area contributed by atoms with Crippen molar-refractivity contribution < 1.29 is 19.1 Å². The fourth-order valence-corrected chi connectivity index (χ4v) is 2.19. The molecule has 0 bridgehead atoms. The first-order valence-corrected chi connectivity index (χ1v) is 7.45. The lowest BCUT2D eigenvalue weighted by atomic mass is 10.0. The molecule has 0 aromatic heterocycles. The predicted molar refractivity (Wildman–Crippen MR) is 86.7 cm³/mol. The van der Waals surface area contributed by atoms with Crippen LogP contribution in [0.5, 0.6) is 0 Å². The van der Waals surface area contributed by atoms with E-state index in [-0.39, 0.29) is 17.7 Å². The van der Waals surface area contributed by atoms with Crippen LogP contribution in [0, 0.1) is 5.92 Å². The summed E-state index contributed by atoms with van der Waals surface area (Å²) in [4.78, 5) is 36.7. The quantitative estimate of drug-likeness (QED) is 0.808. The summed E-state index contributed by atoms with van der Waals surface area (Å²) < 4.78 is 4.65. The molecule has 6 heteroatoms. The summed E-state index contributed by atoms with van der Waals surface area (Å²) in [5, 5.41) is 2.69. The largest absolute Gasteiger partial charge is 0.465 e. The van der Waals surface area contributed by atoms with Crippen molar-refractivity contribution in [2.24, 2.45) is 5.92 Å². The van der Waals surface area contributed by atoms with Crippen molar-refractivity contribution in [3.8, 4) is 0 Å². The molecule has 23 heavy (non-hydrogen) atoms. The maximum Gasteiger partial charge on any atom is 0.337 e. The second kappa shape index (κ2) is 8.31. The zero-order valence-electron chi connectivity index (χ0n) is 14.3. The number of benzene rings is 1. The predicted octanol–water partition coefficient (Wildman–Crippen LogP) is 1.59. The van der Waals surface area contributed by atoms with E-state index in [2.05, 4.69) is 10.1 Å². The number of ether oxygens (including phenoxy) is 1. The number of nitrogens with zero attached hydrogens (tertiary/aromatic N) is 1. The van der Waals surface area contributed by atoms with Crippen LogP contribution < -0.4 is 5.32 Å². The van der Waals surface area contributed by atoms with Crippen molar-refractivity contribution in [1.29, 1.82) is 0 Å². The molecule has 1 atom stereocenters. The van der Waals surface area contributed by atoms with Crippen LogP contribution in [-0.2, 0) is 20.9 Å². The number of carbonyl (C=O) groups excluding carboxylic acids is 3. The third-order valence-corrected chi connectivity index (χ3v) is 3.46. The second-order valence-corrected chi connectivity index (χ2v) is 5.81. The first-order chi connectivity index (χ1) is 10.8. The third-order valence-electron chi connectivity index (χ3n) is 3.46. The van der Waals surface area contributed by atoms with Crippen molar-refractivity contribution in [1.82, 2.24) is 10.2 Å². The van der Waals surface area contributed by atoms with Gasteiger partial charge >= 0.3 is 5.97 Å². The molecule has 1 rings (SSSR count). The van der Waals surface area contributed by atoms with E-state index in [9.17, 15) is 14.4 Å². The van der Waals surface area contributed by atoms with Gasteiger partial charge in [0.2, 0.25) is 11.8 Å². The molecule has 0 aliphatic heterocycles. The lowest BCUT2D eigenvalue weighted by Crippen LogP contribution is -2.49. The van der Waals surface area contributed by atoms with Crippen LogP contribution in [0.4, 0.5) is 0 Å². The van der Waals surface area contributed by atoms with E-state index in [4.69, 9.17) is 0 Å². The molecule has 0 aliphatic rings. The fraction of sp³-hybridized carbons (Fsp3) is 0.471. The molecule has 2 amide bonds. The molecule has 0 radical (unpaired) electrons. The summed E-state index contributed by atoms with van der Waals surface area (Å²) in [5.41, 5.74) is 1.35. The van der Waals surface area contributed by atoms with Crippen molar-refractivity contribution in [3.05, 3.63) is 35.4 Å². The lowest BCUT2D eigenvalue weighted by Gasteiger charge is -2.26. The van der Waals surface area contributed by atoms with Crippen molar-refractivity contribution in [2.75, 3.05) is 14.2 Å². The van der Waals surface area contributed by atoms with Gasteiger partial charge in [-0.2, -0.15) is 0 Å². The normalized spacial score (nSPS) is 11.7. The molecule has 0 spiro atoms. The number of likely N-dealkylation sites (N-methyl/N-ethyl adjacent to an activating group) is 1. The van der Waals surface area contributed by atoms with Crippen LogP contribution >= 0.6 is 0 Å². The molecular formula is C17H24N2O4. The average molecular weight is 320 g/mol. The minimum absolute atomic E-state index is 0.00412. The molecule has 1 aromatic rings. The molecule has 1 N–H and O–H groups in total. The Morgan fingerprint density at radius 1 is 1.17 bits per heavy atom. The van der Waals surface area contributed by atoms with Crippen LogP contribution in [0.2, 0.25) is 0 Å². The number of rotatable bonds is 6. The van der Waals surface area contributed by atoms with Gasteiger partial charge in [0.05, 0.1) is 12.7 Å². The molecule has 6 nitrogen and oxygen atoms in total. The van der Waals surface area contributed by atoms with E-state index in [1.807, 2.05) is 13.8 Å². The van der Waals surface area contributed by atoms with Crippen molar-refractivity contribution in [3.63, 3.8) is 0 Å². The van der Waals surface area contributed by atoms with Gasteiger partial charge in [0.25, 0.3) is 0 Å². The lowest BCUT2D eigenvalue weighted by molar-refractivity contribution is -0.136. The molecule has 1 aromatic carbocycles. The number of esters is 1. The van der Waals surface area contributed by atoms with Gasteiger partial charge in [-0.25, -0.2) is 4.79 Å². The number of carbonyl (C=O) groups is 3. The SMILES string of the molecule is COC(=O)c1ccc(CN(C)C(=O)C(NC(C)=O)C(C)C)cc1.